The highest BCUT2D eigenvalue weighted by molar-refractivity contribution is 9.10. The van der Waals surface area contributed by atoms with Crippen LogP contribution in [-0.2, 0) is 0 Å². The summed E-state index contributed by atoms with van der Waals surface area (Å²) in [5.41, 5.74) is 1.51. The van der Waals surface area contributed by atoms with Crippen molar-refractivity contribution < 1.29 is 4.39 Å². The van der Waals surface area contributed by atoms with Crippen LogP contribution in [0, 0.1) is 18.8 Å². The van der Waals surface area contributed by atoms with Crippen LogP contribution in [0.3, 0.4) is 0 Å². The van der Waals surface area contributed by atoms with Crippen LogP contribution in [0.1, 0.15) is 24.4 Å². The Morgan fingerprint density at radius 3 is 2.88 bits per heavy atom. The Morgan fingerprint density at radius 2 is 2.24 bits per heavy atom. The van der Waals surface area contributed by atoms with E-state index in [4.69, 9.17) is 0 Å². The summed E-state index contributed by atoms with van der Waals surface area (Å²) in [7, 11) is 0. The van der Waals surface area contributed by atoms with Gasteiger partial charge in [-0.1, -0.05) is 0 Å². The summed E-state index contributed by atoms with van der Waals surface area (Å²) in [6.45, 7) is 1.82. The molecule has 1 aromatic carbocycles. The summed E-state index contributed by atoms with van der Waals surface area (Å²) in [4.78, 5) is 11.9. The van der Waals surface area contributed by atoms with Crippen LogP contribution < -0.4 is 5.56 Å². The van der Waals surface area contributed by atoms with Crippen LogP contribution in [0.2, 0.25) is 0 Å². The first kappa shape index (κ1) is 11.0. The van der Waals surface area contributed by atoms with Gasteiger partial charge in [0.1, 0.15) is 5.82 Å². The minimum atomic E-state index is -0.313. The molecule has 1 fully saturated rings. The third kappa shape index (κ3) is 1.62. The Bertz CT molecular complexity index is 673. The molecule has 0 amide bonds. The standard InChI is InChI=1S/C13H10BrFNO/c1-7-12(14)10(15)6-8-2-5-11(17)16(13(7)8)9-3-4-9/h5-6,9H,3-4H2,1H3. The molecule has 0 bridgehead atoms. The molecule has 17 heavy (non-hydrogen) atoms. The van der Waals surface area contributed by atoms with Crippen LogP contribution in [0.25, 0.3) is 10.9 Å². The van der Waals surface area contributed by atoms with Crippen molar-refractivity contribution in [2.24, 2.45) is 0 Å². The van der Waals surface area contributed by atoms with Crippen LogP contribution in [0.15, 0.2) is 21.4 Å². The fourth-order valence-electron chi connectivity index (χ4n) is 2.18. The quantitative estimate of drug-likeness (QED) is 0.791. The largest absolute Gasteiger partial charge is 0.305 e. The number of fused-ring (bicyclic) bond motifs is 1. The summed E-state index contributed by atoms with van der Waals surface area (Å²) in [5, 5.41) is 0.662. The molecule has 0 saturated heterocycles. The Kier molecular flexibility index (Phi) is 2.36. The smallest absolute Gasteiger partial charge is 0.251 e. The number of hydrogen-bond acceptors (Lipinski definition) is 1. The number of pyridine rings is 1. The highest BCUT2D eigenvalue weighted by Crippen LogP contribution is 2.37. The number of hydrogen-bond donors (Lipinski definition) is 0. The van der Waals surface area contributed by atoms with Crippen LogP contribution in [-0.4, -0.2) is 4.57 Å². The maximum Gasteiger partial charge on any atom is 0.251 e. The molecule has 1 aromatic heterocycles. The molecule has 1 radical (unpaired) electrons. The molecule has 0 spiro atoms. The van der Waals surface area contributed by atoms with Crippen molar-refractivity contribution >= 4 is 26.8 Å². The summed E-state index contributed by atoms with van der Waals surface area (Å²) in [6.07, 6.45) is 2.04. The topological polar surface area (TPSA) is 22.0 Å². The van der Waals surface area contributed by atoms with E-state index >= 15 is 0 Å². The van der Waals surface area contributed by atoms with Gasteiger partial charge in [-0.2, -0.15) is 0 Å². The maximum absolute atomic E-state index is 13.6. The van der Waals surface area contributed by atoms with Gasteiger partial charge in [0.05, 0.1) is 9.99 Å². The molecular formula is C13H10BrFNO. The average molecular weight is 295 g/mol. The van der Waals surface area contributed by atoms with Gasteiger partial charge in [-0.25, -0.2) is 4.39 Å². The number of halogens is 2. The number of rotatable bonds is 1. The second-order valence-corrected chi connectivity index (χ2v) is 5.21. The summed E-state index contributed by atoms with van der Waals surface area (Å²) in [5.74, 6) is -0.313. The Labute approximate surface area is 106 Å². The molecule has 1 saturated carbocycles. The van der Waals surface area contributed by atoms with E-state index in [-0.39, 0.29) is 17.4 Å². The van der Waals surface area contributed by atoms with E-state index in [9.17, 15) is 9.18 Å². The molecule has 1 heterocycles. The molecule has 0 atom stereocenters. The molecule has 0 N–H and O–H groups in total. The van der Waals surface area contributed by atoms with Gasteiger partial charge in [-0.3, -0.25) is 4.79 Å². The first-order valence-electron chi connectivity index (χ1n) is 5.51. The van der Waals surface area contributed by atoms with Crippen LogP contribution in [0.4, 0.5) is 4.39 Å². The van der Waals surface area contributed by atoms with Gasteiger partial charge >= 0.3 is 0 Å². The van der Waals surface area contributed by atoms with Gasteiger partial charge in [-0.15, -0.1) is 0 Å². The van der Waals surface area contributed by atoms with E-state index in [2.05, 4.69) is 22.0 Å². The van der Waals surface area contributed by atoms with Crippen molar-refractivity contribution in [3.63, 3.8) is 0 Å². The summed E-state index contributed by atoms with van der Waals surface area (Å²) in [6, 6.07) is 5.95. The number of aryl methyl sites for hydroxylation is 1. The normalized spacial score (nSPS) is 15.5. The average Bonchev–Trinajstić information content (AvgIpc) is 3.11. The van der Waals surface area contributed by atoms with Crippen molar-refractivity contribution in [2.45, 2.75) is 25.8 Å². The van der Waals surface area contributed by atoms with Crippen LogP contribution >= 0.6 is 15.9 Å². The third-order valence-electron chi connectivity index (χ3n) is 3.16. The maximum atomic E-state index is 13.6. The van der Waals surface area contributed by atoms with Crippen LogP contribution in [0.5, 0.6) is 0 Å². The lowest BCUT2D eigenvalue weighted by Gasteiger charge is -2.12. The number of benzene rings is 1. The Balaban J connectivity index is 2.49. The third-order valence-corrected chi connectivity index (χ3v) is 4.14. The van der Waals surface area contributed by atoms with Crippen molar-refractivity contribution in [3.05, 3.63) is 44.4 Å². The lowest BCUT2D eigenvalue weighted by Crippen LogP contribution is -2.19. The van der Waals surface area contributed by atoms with E-state index in [0.717, 1.165) is 23.9 Å². The van der Waals surface area contributed by atoms with Crippen molar-refractivity contribution in [1.82, 2.24) is 4.57 Å². The minimum Gasteiger partial charge on any atom is -0.305 e. The van der Waals surface area contributed by atoms with Gasteiger partial charge in [0.2, 0.25) is 0 Å². The lowest BCUT2D eigenvalue weighted by molar-refractivity contribution is 0.620. The second-order valence-electron chi connectivity index (χ2n) is 4.42. The zero-order chi connectivity index (χ0) is 12.2. The monoisotopic (exact) mass is 294 g/mol. The molecule has 3 rings (SSSR count). The van der Waals surface area contributed by atoms with E-state index in [1.54, 1.807) is 4.57 Å². The Morgan fingerprint density at radius 1 is 1.53 bits per heavy atom. The van der Waals surface area contributed by atoms with Gasteiger partial charge in [0.25, 0.3) is 5.56 Å². The molecule has 0 aliphatic heterocycles. The highest BCUT2D eigenvalue weighted by atomic mass is 79.9. The predicted octanol–water partition coefficient (Wildman–Crippen LogP) is 3.35. The number of aromatic nitrogens is 1. The van der Waals surface area contributed by atoms with Crippen molar-refractivity contribution in [1.29, 1.82) is 0 Å². The van der Waals surface area contributed by atoms with Gasteiger partial charge in [0, 0.05) is 17.5 Å². The van der Waals surface area contributed by atoms with Gasteiger partial charge < -0.3 is 4.57 Å². The summed E-state index contributed by atoms with van der Waals surface area (Å²) >= 11 is 3.22. The molecule has 0 unspecified atom stereocenters. The predicted molar refractivity (Wildman–Crippen MR) is 67.7 cm³/mol. The van der Waals surface area contributed by atoms with E-state index < -0.39 is 0 Å². The first-order chi connectivity index (χ1) is 8.09. The van der Waals surface area contributed by atoms with E-state index in [1.807, 2.05) is 6.92 Å². The zero-order valence-corrected chi connectivity index (χ0v) is 10.8. The fourth-order valence-corrected chi connectivity index (χ4v) is 2.48. The number of nitrogens with zero attached hydrogens (tertiary/aromatic N) is 1. The molecule has 1 aliphatic carbocycles. The molecule has 4 heteroatoms. The first-order valence-corrected chi connectivity index (χ1v) is 6.30. The molecule has 87 valence electrons. The highest BCUT2D eigenvalue weighted by Gasteiger charge is 2.27. The molecule has 1 aliphatic rings. The minimum absolute atomic E-state index is 0.0541. The van der Waals surface area contributed by atoms with Gasteiger partial charge in [-0.05, 0) is 53.4 Å². The van der Waals surface area contributed by atoms with Crippen molar-refractivity contribution in [2.75, 3.05) is 0 Å². The van der Waals surface area contributed by atoms with Gasteiger partial charge in [0.15, 0.2) is 0 Å². The molecular weight excluding hydrogens is 285 g/mol. The second kappa shape index (κ2) is 3.67. The van der Waals surface area contributed by atoms with E-state index in [1.165, 1.54) is 12.1 Å². The van der Waals surface area contributed by atoms with E-state index in [0.29, 0.717) is 9.86 Å². The van der Waals surface area contributed by atoms with Crippen molar-refractivity contribution in [3.8, 4) is 0 Å². The summed E-state index contributed by atoms with van der Waals surface area (Å²) < 4.78 is 15.8. The fraction of sp³-hybridized carbons (Fsp3) is 0.308. The Hall–Kier alpha value is -1.16. The lowest BCUT2D eigenvalue weighted by atomic mass is 10.1. The SMILES string of the molecule is Cc1c(Br)c(F)cc2[c]cc(=O)n(C3CC3)c12. The zero-order valence-electron chi connectivity index (χ0n) is 9.26. The molecule has 2 aromatic rings. The molecule has 2 nitrogen and oxygen atoms in total.